The molecule has 0 unspecified atom stereocenters. The van der Waals surface area contributed by atoms with Crippen molar-refractivity contribution in [2.75, 3.05) is 26.2 Å². The number of carbonyl (C=O) groups is 1. The Hall–Kier alpha value is -1.70. The number of aromatic nitrogens is 2. The second-order valence-corrected chi connectivity index (χ2v) is 6.34. The lowest BCUT2D eigenvalue weighted by atomic mass is 10.2. The molecular formula is C15H20N4O2S. The number of nitrogens with one attached hydrogen (secondary N) is 1. The molecule has 0 spiro atoms. The normalized spacial score (nSPS) is 19.2. The van der Waals surface area contributed by atoms with Crippen LogP contribution < -0.4 is 5.32 Å². The lowest BCUT2D eigenvalue weighted by Gasteiger charge is -2.32. The minimum atomic E-state index is 0.0631. The van der Waals surface area contributed by atoms with Crippen LogP contribution in [0.15, 0.2) is 36.0 Å². The Balaban J connectivity index is 1.42. The van der Waals surface area contributed by atoms with E-state index < -0.39 is 0 Å². The van der Waals surface area contributed by atoms with Gasteiger partial charge in [-0.3, -0.25) is 14.4 Å². The largest absolute Gasteiger partial charge is 0.374 e. The highest BCUT2D eigenvalue weighted by atomic mass is 32.1. The molecule has 1 atom stereocenters. The number of hydrogen-bond acceptors (Lipinski definition) is 5. The third-order valence-electron chi connectivity index (χ3n) is 3.58. The Kier molecular flexibility index (Phi) is 5.20. The van der Waals surface area contributed by atoms with E-state index in [1.165, 1.54) is 4.88 Å². The van der Waals surface area contributed by atoms with Gasteiger partial charge in [0.2, 0.25) is 5.91 Å². The van der Waals surface area contributed by atoms with E-state index in [-0.39, 0.29) is 12.0 Å². The summed E-state index contributed by atoms with van der Waals surface area (Å²) in [5, 5.41) is 9.18. The van der Waals surface area contributed by atoms with Crippen molar-refractivity contribution in [3.8, 4) is 0 Å². The highest BCUT2D eigenvalue weighted by Gasteiger charge is 2.22. The molecule has 1 aliphatic heterocycles. The molecular weight excluding hydrogens is 300 g/mol. The molecule has 1 N–H and O–H groups in total. The van der Waals surface area contributed by atoms with Crippen LogP contribution in [0, 0.1) is 0 Å². The molecule has 0 bridgehead atoms. The Morgan fingerprint density at radius 2 is 2.45 bits per heavy atom. The first-order valence-corrected chi connectivity index (χ1v) is 8.28. The third kappa shape index (κ3) is 4.40. The zero-order chi connectivity index (χ0) is 15.2. The first-order chi connectivity index (χ1) is 10.8. The van der Waals surface area contributed by atoms with E-state index in [4.69, 9.17) is 4.74 Å². The maximum Gasteiger partial charge on any atom is 0.234 e. The van der Waals surface area contributed by atoms with Gasteiger partial charge in [0.05, 0.1) is 32.3 Å². The molecule has 0 radical (unpaired) electrons. The summed E-state index contributed by atoms with van der Waals surface area (Å²) in [6.45, 7) is 3.96. The molecule has 2 aromatic rings. The van der Waals surface area contributed by atoms with E-state index >= 15 is 0 Å². The highest BCUT2D eigenvalue weighted by Crippen LogP contribution is 2.09. The van der Waals surface area contributed by atoms with E-state index in [9.17, 15) is 4.79 Å². The van der Waals surface area contributed by atoms with Crippen LogP contribution in [0.5, 0.6) is 0 Å². The third-order valence-corrected chi connectivity index (χ3v) is 4.46. The van der Waals surface area contributed by atoms with Crippen molar-refractivity contribution < 1.29 is 9.53 Å². The Bertz CT molecular complexity index is 570. The smallest absolute Gasteiger partial charge is 0.234 e. The predicted molar refractivity (Wildman–Crippen MR) is 84.6 cm³/mol. The number of morpholine rings is 1. The van der Waals surface area contributed by atoms with Gasteiger partial charge in [0.1, 0.15) is 0 Å². The number of amides is 1. The fourth-order valence-electron chi connectivity index (χ4n) is 2.51. The summed E-state index contributed by atoms with van der Waals surface area (Å²) in [6, 6.07) is 5.92. The Morgan fingerprint density at radius 3 is 3.23 bits per heavy atom. The van der Waals surface area contributed by atoms with Crippen LogP contribution in [0.1, 0.15) is 4.88 Å². The summed E-state index contributed by atoms with van der Waals surface area (Å²) in [5.41, 5.74) is 0. The van der Waals surface area contributed by atoms with Gasteiger partial charge in [0.15, 0.2) is 0 Å². The van der Waals surface area contributed by atoms with Crippen molar-refractivity contribution in [1.29, 1.82) is 0 Å². The van der Waals surface area contributed by atoms with Crippen molar-refractivity contribution >= 4 is 17.2 Å². The molecule has 118 valence electrons. The quantitative estimate of drug-likeness (QED) is 0.861. The lowest BCUT2D eigenvalue weighted by molar-refractivity contribution is -0.124. The molecule has 0 aliphatic carbocycles. The molecule has 1 saturated heterocycles. The number of thiophene rings is 1. The summed E-state index contributed by atoms with van der Waals surface area (Å²) < 4.78 is 7.62. The maximum absolute atomic E-state index is 12.0. The topological polar surface area (TPSA) is 59.4 Å². The average molecular weight is 320 g/mol. The molecule has 2 aromatic heterocycles. The summed E-state index contributed by atoms with van der Waals surface area (Å²) in [4.78, 5) is 15.3. The first kappa shape index (κ1) is 15.2. The van der Waals surface area contributed by atoms with E-state index in [0.29, 0.717) is 19.7 Å². The molecule has 6 nitrogen and oxygen atoms in total. The molecule has 22 heavy (non-hydrogen) atoms. The molecule has 1 aliphatic rings. The van der Waals surface area contributed by atoms with Crippen molar-refractivity contribution in [3.63, 3.8) is 0 Å². The first-order valence-electron chi connectivity index (χ1n) is 7.40. The molecule has 3 rings (SSSR count). The van der Waals surface area contributed by atoms with Gasteiger partial charge in [0, 0.05) is 30.4 Å². The van der Waals surface area contributed by atoms with Crippen molar-refractivity contribution in [3.05, 3.63) is 40.8 Å². The van der Waals surface area contributed by atoms with Crippen LogP contribution in [0.2, 0.25) is 0 Å². The van der Waals surface area contributed by atoms with Gasteiger partial charge in [-0.05, 0) is 17.5 Å². The van der Waals surface area contributed by atoms with Crippen LogP contribution in [0.25, 0.3) is 0 Å². The fraction of sp³-hybridized carbons (Fsp3) is 0.467. The van der Waals surface area contributed by atoms with Gasteiger partial charge in [-0.15, -0.1) is 11.3 Å². The maximum atomic E-state index is 12.0. The minimum Gasteiger partial charge on any atom is -0.374 e. The van der Waals surface area contributed by atoms with E-state index in [2.05, 4.69) is 15.3 Å². The number of hydrogen-bond donors (Lipinski definition) is 1. The van der Waals surface area contributed by atoms with Crippen LogP contribution in [-0.4, -0.2) is 52.9 Å². The van der Waals surface area contributed by atoms with Crippen LogP contribution in [0.3, 0.4) is 0 Å². The molecule has 1 amide bonds. The van der Waals surface area contributed by atoms with Gasteiger partial charge >= 0.3 is 0 Å². The second kappa shape index (κ2) is 7.53. The lowest BCUT2D eigenvalue weighted by Crippen LogP contribution is -2.48. The fourth-order valence-corrected chi connectivity index (χ4v) is 3.15. The molecule has 1 fully saturated rings. The SMILES string of the molecule is O=C(CN1CCO[C@@H](Cn2cccn2)C1)NCc1cccs1. The van der Waals surface area contributed by atoms with Gasteiger partial charge in [-0.25, -0.2) is 0 Å². The number of ether oxygens (including phenoxy) is 1. The predicted octanol–water partition coefficient (Wildman–Crippen LogP) is 0.962. The zero-order valence-corrected chi connectivity index (χ0v) is 13.2. The minimum absolute atomic E-state index is 0.0631. The van der Waals surface area contributed by atoms with Crippen molar-refractivity contribution in [1.82, 2.24) is 20.0 Å². The molecule has 3 heterocycles. The number of nitrogens with zero attached hydrogens (tertiary/aromatic N) is 3. The van der Waals surface area contributed by atoms with Crippen LogP contribution in [-0.2, 0) is 22.6 Å². The van der Waals surface area contributed by atoms with Gasteiger partial charge in [-0.1, -0.05) is 6.07 Å². The number of rotatable bonds is 6. The van der Waals surface area contributed by atoms with Crippen molar-refractivity contribution in [2.24, 2.45) is 0 Å². The Morgan fingerprint density at radius 1 is 1.50 bits per heavy atom. The number of carbonyl (C=O) groups excluding carboxylic acids is 1. The van der Waals surface area contributed by atoms with E-state index in [1.807, 2.05) is 34.5 Å². The van der Waals surface area contributed by atoms with Crippen LogP contribution >= 0.6 is 11.3 Å². The Labute approximate surface area is 133 Å². The summed E-state index contributed by atoms with van der Waals surface area (Å²) in [6.07, 6.45) is 3.77. The van der Waals surface area contributed by atoms with E-state index in [1.54, 1.807) is 17.5 Å². The molecule has 7 heteroatoms. The highest BCUT2D eigenvalue weighted by molar-refractivity contribution is 7.09. The second-order valence-electron chi connectivity index (χ2n) is 5.31. The summed E-state index contributed by atoms with van der Waals surface area (Å²) in [5.74, 6) is 0.0631. The summed E-state index contributed by atoms with van der Waals surface area (Å²) >= 11 is 1.66. The van der Waals surface area contributed by atoms with Gasteiger partial charge in [0.25, 0.3) is 0 Å². The zero-order valence-electron chi connectivity index (χ0n) is 12.4. The van der Waals surface area contributed by atoms with Crippen LogP contribution in [0.4, 0.5) is 0 Å². The van der Waals surface area contributed by atoms with Gasteiger partial charge in [-0.2, -0.15) is 5.10 Å². The molecule has 0 saturated carbocycles. The molecule has 0 aromatic carbocycles. The monoisotopic (exact) mass is 320 g/mol. The summed E-state index contributed by atoms with van der Waals surface area (Å²) in [7, 11) is 0. The average Bonchev–Trinajstić information content (AvgIpc) is 3.19. The van der Waals surface area contributed by atoms with Crippen molar-refractivity contribution in [2.45, 2.75) is 19.2 Å². The van der Waals surface area contributed by atoms with E-state index in [0.717, 1.165) is 19.6 Å². The standard InChI is InChI=1S/C15H20N4O2S/c20-15(16-9-14-3-1-8-22-14)12-18-6-7-21-13(10-18)11-19-5-2-4-17-19/h1-5,8,13H,6-7,9-12H2,(H,16,20)/t13-/m1/s1. The van der Waals surface area contributed by atoms with Gasteiger partial charge < -0.3 is 10.1 Å².